The minimum atomic E-state index is -1.34. The van der Waals surface area contributed by atoms with Gasteiger partial charge < -0.3 is 15.0 Å². The van der Waals surface area contributed by atoms with Crippen LogP contribution in [0.1, 0.15) is 18.9 Å². The van der Waals surface area contributed by atoms with Gasteiger partial charge in [-0.1, -0.05) is 48.5 Å². The van der Waals surface area contributed by atoms with Crippen molar-refractivity contribution in [1.29, 1.82) is 0 Å². The highest BCUT2D eigenvalue weighted by molar-refractivity contribution is 5.87. The van der Waals surface area contributed by atoms with Crippen molar-refractivity contribution in [3.8, 4) is 0 Å². The Kier molecular flexibility index (Phi) is 5.07. The number of aliphatic carboxylic acids is 1. The van der Waals surface area contributed by atoms with Gasteiger partial charge in [0.2, 0.25) is 5.91 Å². The van der Waals surface area contributed by atoms with Gasteiger partial charge in [-0.25, -0.2) is 4.79 Å². The highest BCUT2D eigenvalue weighted by Crippen LogP contribution is 2.17. The van der Waals surface area contributed by atoms with Crippen molar-refractivity contribution in [2.45, 2.75) is 31.8 Å². The molecule has 0 fully saturated rings. The third-order valence-corrected chi connectivity index (χ3v) is 4.55. The van der Waals surface area contributed by atoms with E-state index in [0.717, 1.165) is 16.5 Å². The third-order valence-electron chi connectivity index (χ3n) is 4.55. The number of carboxylic acids is 1. The van der Waals surface area contributed by atoms with Crippen LogP contribution < -0.4 is 5.32 Å². The maximum absolute atomic E-state index is 12.4. The normalized spacial score (nSPS) is 13.3. The molecule has 1 aromatic heterocycles. The molecule has 0 aliphatic rings. The van der Waals surface area contributed by atoms with Crippen molar-refractivity contribution in [2.24, 2.45) is 0 Å². The first-order valence-corrected chi connectivity index (χ1v) is 8.60. The van der Waals surface area contributed by atoms with Gasteiger partial charge in [0.05, 0.1) is 0 Å². The summed E-state index contributed by atoms with van der Waals surface area (Å²) < 4.78 is 2.00. The zero-order valence-electron chi connectivity index (χ0n) is 14.7. The molecule has 26 heavy (non-hydrogen) atoms. The van der Waals surface area contributed by atoms with Gasteiger partial charge >= 0.3 is 5.97 Å². The lowest BCUT2D eigenvalue weighted by atomic mass is 9.92. The van der Waals surface area contributed by atoms with Gasteiger partial charge in [0.15, 0.2) is 0 Å². The molecule has 5 heteroatoms. The molecule has 0 radical (unpaired) electrons. The number of hydrogen-bond donors (Lipinski definition) is 2. The molecule has 0 bridgehead atoms. The number of para-hydroxylation sites is 1. The van der Waals surface area contributed by atoms with E-state index in [1.165, 1.54) is 0 Å². The van der Waals surface area contributed by atoms with Crippen LogP contribution in [0, 0.1) is 0 Å². The van der Waals surface area contributed by atoms with Crippen LogP contribution in [0.2, 0.25) is 0 Å². The Balaban J connectivity index is 1.65. The molecule has 1 amide bonds. The van der Waals surface area contributed by atoms with Crippen LogP contribution >= 0.6 is 0 Å². The van der Waals surface area contributed by atoms with E-state index in [4.69, 9.17) is 0 Å². The number of rotatable bonds is 7. The number of hydrogen-bond acceptors (Lipinski definition) is 2. The molecular formula is C21H22N2O3. The van der Waals surface area contributed by atoms with Gasteiger partial charge in [-0.2, -0.15) is 0 Å². The molecule has 0 unspecified atom stereocenters. The number of nitrogens with zero attached hydrogens (tertiary/aromatic N) is 1. The zero-order valence-corrected chi connectivity index (χ0v) is 14.7. The second kappa shape index (κ2) is 7.44. The standard InChI is InChI=1S/C21H22N2O3/c1-21(20(25)26,15-16-7-3-2-4-8-16)22-19(24)12-14-23-13-11-17-9-5-6-10-18(17)23/h2-11,13H,12,14-15H2,1H3,(H,22,24)(H,25,26)/t21-/m1/s1. The van der Waals surface area contributed by atoms with Crippen molar-refractivity contribution >= 4 is 22.8 Å². The molecule has 5 nitrogen and oxygen atoms in total. The Morgan fingerprint density at radius 2 is 1.73 bits per heavy atom. The average Bonchev–Trinajstić information content (AvgIpc) is 3.04. The van der Waals surface area contributed by atoms with E-state index in [2.05, 4.69) is 5.32 Å². The molecule has 3 rings (SSSR count). The lowest BCUT2D eigenvalue weighted by Crippen LogP contribution is -2.53. The van der Waals surface area contributed by atoms with Crippen LogP contribution in [-0.4, -0.2) is 27.1 Å². The summed E-state index contributed by atoms with van der Waals surface area (Å²) in [5, 5.41) is 13.4. The molecule has 0 aliphatic carbocycles. The van der Waals surface area contributed by atoms with E-state index in [0.29, 0.717) is 6.54 Å². The number of carbonyl (C=O) groups excluding carboxylic acids is 1. The summed E-state index contributed by atoms with van der Waals surface area (Å²) in [7, 11) is 0. The van der Waals surface area contributed by atoms with Crippen LogP contribution in [0.3, 0.4) is 0 Å². The van der Waals surface area contributed by atoms with Gasteiger partial charge in [-0.3, -0.25) is 4.79 Å². The van der Waals surface area contributed by atoms with Crippen molar-refractivity contribution in [2.75, 3.05) is 0 Å². The maximum Gasteiger partial charge on any atom is 0.329 e. The van der Waals surface area contributed by atoms with Crippen LogP contribution in [0.15, 0.2) is 66.9 Å². The molecule has 2 N–H and O–H groups in total. The maximum atomic E-state index is 12.4. The Labute approximate surface area is 152 Å². The predicted octanol–water partition coefficient (Wildman–Crippen LogP) is 3.23. The molecule has 134 valence electrons. The highest BCUT2D eigenvalue weighted by atomic mass is 16.4. The number of fused-ring (bicyclic) bond motifs is 1. The minimum Gasteiger partial charge on any atom is -0.480 e. The average molecular weight is 350 g/mol. The van der Waals surface area contributed by atoms with Gasteiger partial charge in [0, 0.05) is 31.1 Å². The lowest BCUT2D eigenvalue weighted by molar-refractivity contribution is -0.146. The summed E-state index contributed by atoms with van der Waals surface area (Å²) in [5.74, 6) is -1.32. The van der Waals surface area contributed by atoms with E-state index in [-0.39, 0.29) is 18.7 Å². The van der Waals surface area contributed by atoms with Gasteiger partial charge in [-0.15, -0.1) is 0 Å². The molecule has 3 aromatic rings. The largest absolute Gasteiger partial charge is 0.480 e. The highest BCUT2D eigenvalue weighted by Gasteiger charge is 2.34. The first-order valence-electron chi connectivity index (χ1n) is 8.60. The minimum absolute atomic E-state index is 0.219. The first-order chi connectivity index (χ1) is 12.5. The van der Waals surface area contributed by atoms with Crippen molar-refractivity contribution in [3.63, 3.8) is 0 Å². The van der Waals surface area contributed by atoms with E-state index < -0.39 is 11.5 Å². The quantitative estimate of drug-likeness (QED) is 0.687. The Morgan fingerprint density at radius 3 is 2.46 bits per heavy atom. The molecule has 0 saturated heterocycles. The predicted molar refractivity (Wildman–Crippen MR) is 101 cm³/mol. The van der Waals surface area contributed by atoms with Gasteiger partial charge in [0.25, 0.3) is 0 Å². The second-order valence-corrected chi connectivity index (χ2v) is 6.67. The first kappa shape index (κ1) is 17.7. The molecule has 0 saturated carbocycles. The second-order valence-electron chi connectivity index (χ2n) is 6.67. The number of aryl methyl sites for hydroxylation is 1. The number of carboxylic acid groups (broad SMARTS) is 1. The van der Waals surface area contributed by atoms with Crippen LogP contribution in [0.5, 0.6) is 0 Å². The van der Waals surface area contributed by atoms with E-state index >= 15 is 0 Å². The topological polar surface area (TPSA) is 71.3 Å². The molecule has 1 heterocycles. The Bertz CT molecular complexity index is 917. The molecule has 0 spiro atoms. The Hall–Kier alpha value is -3.08. The van der Waals surface area contributed by atoms with Crippen LogP contribution in [-0.2, 0) is 22.6 Å². The summed E-state index contributed by atoms with van der Waals surface area (Å²) in [4.78, 5) is 24.1. The molecule has 1 atom stereocenters. The third kappa shape index (κ3) is 3.94. The summed E-state index contributed by atoms with van der Waals surface area (Å²) in [6.07, 6.45) is 2.40. The summed E-state index contributed by atoms with van der Waals surface area (Å²) in [6, 6.07) is 19.3. The number of amides is 1. The number of aromatic nitrogens is 1. The van der Waals surface area contributed by atoms with E-state index in [1.54, 1.807) is 6.92 Å². The fourth-order valence-electron chi connectivity index (χ4n) is 3.11. The number of carbonyl (C=O) groups is 2. The SMILES string of the molecule is C[C@](Cc1ccccc1)(NC(=O)CCn1ccc2ccccc21)C(=O)O. The van der Waals surface area contributed by atoms with Crippen molar-refractivity contribution < 1.29 is 14.7 Å². The lowest BCUT2D eigenvalue weighted by Gasteiger charge is -2.26. The molecule has 0 aliphatic heterocycles. The number of benzene rings is 2. The van der Waals surface area contributed by atoms with E-state index in [9.17, 15) is 14.7 Å². The summed E-state index contributed by atoms with van der Waals surface area (Å²) in [6.45, 7) is 2.05. The molecular weight excluding hydrogens is 328 g/mol. The monoisotopic (exact) mass is 350 g/mol. The number of nitrogens with one attached hydrogen (secondary N) is 1. The van der Waals surface area contributed by atoms with Gasteiger partial charge in [-0.05, 0) is 30.0 Å². The summed E-state index contributed by atoms with van der Waals surface area (Å²) in [5.41, 5.74) is 0.594. The summed E-state index contributed by atoms with van der Waals surface area (Å²) >= 11 is 0. The molecule has 2 aromatic carbocycles. The smallest absolute Gasteiger partial charge is 0.329 e. The fraction of sp³-hybridized carbons (Fsp3) is 0.238. The van der Waals surface area contributed by atoms with Gasteiger partial charge in [0.1, 0.15) is 5.54 Å². The van der Waals surface area contributed by atoms with E-state index in [1.807, 2.05) is 71.4 Å². The van der Waals surface area contributed by atoms with Crippen molar-refractivity contribution in [1.82, 2.24) is 9.88 Å². The van der Waals surface area contributed by atoms with Crippen molar-refractivity contribution in [3.05, 3.63) is 72.4 Å². The van der Waals surface area contributed by atoms with Crippen LogP contribution in [0.25, 0.3) is 10.9 Å². The zero-order chi connectivity index (χ0) is 18.6. The van der Waals surface area contributed by atoms with Crippen LogP contribution in [0.4, 0.5) is 0 Å². The Morgan fingerprint density at radius 1 is 1.04 bits per heavy atom. The fourth-order valence-corrected chi connectivity index (χ4v) is 3.11.